The van der Waals surface area contributed by atoms with Gasteiger partial charge in [0.15, 0.2) is 0 Å². The van der Waals surface area contributed by atoms with Crippen LogP contribution in [0.1, 0.15) is 59.8 Å². The molecule has 2 aromatic heterocycles. The Kier molecular flexibility index (Phi) is 3.72. The standard InChI is InChI=1S/C14H18N4O3/c1-9-8-12(21-17-9)14(19)18-7-5-3-4-6-11(18)13-16-15-10(2)20-13/h8,11H,3-7H2,1-2H3. The van der Waals surface area contributed by atoms with Gasteiger partial charge in [-0.25, -0.2) is 0 Å². The number of hydrogen-bond donors (Lipinski definition) is 0. The molecular weight excluding hydrogens is 272 g/mol. The van der Waals surface area contributed by atoms with Crippen LogP contribution in [0.15, 0.2) is 15.0 Å². The number of likely N-dealkylation sites (tertiary alicyclic amines) is 1. The van der Waals surface area contributed by atoms with Crippen LogP contribution in [0.25, 0.3) is 0 Å². The van der Waals surface area contributed by atoms with Crippen LogP contribution in [0.3, 0.4) is 0 Å². The lowest BCUT2D eigenvalue weighted by Gasteiger charge is -2.26. The SMILES string of the molecule is Cc1cc(C(=O)N2CCCCCC2c2nnc(C)o2)on1. The average molecular weight is 290 g/mol. The first-order chi connectivity index (χ1) is 10.1. The molecule has 1 fully saturated rings. The summed E-state index contributed by atoms with van der Waals surface area (Å²) in [6.45, 7) is 4.20. The lowest BCUT2D eigenvalue weighted by Crippen LogP contribution is -2.34. The molecule has 0 saturated carbocycles. The van der Waals surface area contributed by atoms with Crippen molar-refractivity contribution in [1.82, 2.24) is 20.3 Å². The van der Waals surface area contributed by atoms with E-state index in [0.717, 1.165) is 25.7 Å². The van der Waals surface area contributed by atoms with Gasteiger partial charge in [-0.15, -0.1) is 10.2 Å². The van der Waals surface area contributed by atoms with E-state index in [1.165, 1.54) is 0 Å². The van der Waals surface area contributed by atoms with E-state index >= 15 is 0 Å². The number of amides is 1. The molecule has 3 rings (SSSR count). The summed E-state index contributed by atoms with van der Waals surface area (Å²) >= 11 is 0. The molecule has 112 valence electrons. The van der Waals surface area contributed by atoms with E-state index in [4.69, 9.17) is 8.94 Å². The smallest absolute Gasteiger partial charge is 0.293 e. The number of nitrogens with zero attached hydrogens (tertiary/aromatic N) is 4. The monoisotopic (exact) mass is 290 g/mol. The van der Waals surface area contributed by atoms with Gasteiger partial charge in [0.25, 0.3) is 5.91 Å². The van der Waals surface area contributed by atoms with Gasteiger partial charge in [0.2, 0.25) is 17.5 Å². The van der Waals surface area contributed by atoms with Gasteiger partial charge in [-0.05, 0) is 19.8 Å². The second kappa shape index (κ2) is 5.67. The Labute approximate surface area is 122 Å². The van der Waals surface area contributed by atoms with Gasteiger partial charge in [-0.3, -0.25) is 4.79 Å². The maximum Gasteiger partial charge on any atom is 0.293 e. The van der Waals surface area contributed by atoms with Gasteiger partial charge in [0.05, 0.1) is 5.69 Å². The van der Waals surface area contributed by atoms with Crippen molar-refractivity contribution in [2.75, 3.05) is 6.54 Å². The summed E-state index contributed by atoms with van der Waals surface area (Å²) in [7, 11) is 0. The zero-order valence-electron chi connectivity index (χ0n) is 12.2. The molecule has 3 heterocycles. The van der Waals surface area contributed by atoms with Gasteiger partial charge in [-0.1, -0.05) is 18.0 Å². The van der Waals surface area contributed by atoms with Crippen LogP contribution in [0.2, 0.25) is 0 Å². The second-order valence-corrected chi connectivity index (χ2v) is 5.36. The zero-order chi connectivity index (χ0) is 14.8. The Balaban J connectivity index is 1.90. The van der Waals surface area contributed by atoms with Crippen molar-refractivity contribution < 1.29 is 13.7 Å². The van der Waals surface area contributed by atoms with E-state index in [2.05, 4.69) is 15.4 Å². The first kappa shape index (κ1) is 13.8. The lowest BCUT2D eigenvalue weighted by molar-refractivity contribution is 0.0608. The fourth-order valence-electron chi connectivity index (χ4n) is 2.66. The highest BCUT2D eigenvalue weighted by atomic mass is 16.5. The molecular formula is C14H18N4O3. The van der Waals surface area contributed by atoms with Crippen LogP contribution in [0.5, 0.6) is 0 Å². The van der Waals surface area contributed by atoms with E-state index < -0.39 is 0 Å². The fraction of sp³-hybridized carbons (Fsp3) is 0.571. The van der Waals surface area contributed by atoms with Gasteiger partial charge >= 0.3 is 0 Å². The predicted octanol–water partition coefficient (Wildman–Crippen LogP) is 2.43. The molecule has 0 aliphatic carbocycles. The van der Waals surface area contributed by atoms with E-state index in [1.54, 1.807) is 24.8 Å². The quantitative estimate of drug-likeness (QED) is 0.844. The molecule has 0 bridgehead atoms. The minimum atomic E-state index is -0.188. The van der Waals surface area contributed by atoms with Crippen LogP contribution in [-0.2, 0) is 0 Å². The highest BCUT2D eigenvalue weighted by Crippen LogP contribution is 2.30. The number of aryl methyl sites for hydroxylation is 2. The van der Waals surface area contributed by atoms with Crippen molar-refractivity contribution in [3.8, 4) is 0 Å². The van der Waals surface area contributed by atoms with Crippen molar-refractivity contribution >= 4 is 5.91 Å². The van der Waals surface area contributed by atoms with Crippen molar-refractivity contribution in [2.45, 2.75) is 45.6 Å². The molecule has 0 spiro atoms. The van der Waals surface area contributed by atoms with Gasteiger partial charge in [0, 0.05) is 19.5 Å². The maximum atomic E-state index is 12.7. The Bertz CT molecular complexity index is 634. The third kappa shape index (κ3) is 2.81. The molecule has 1 atom stereocenters. The van der Waals surface area contributed by atoms with Crippen molar-refractivity contribution in [2.24, 2.45) is 0 Å². The molecule has 0 N–H and O–H groups in total. The molecule has 0 radical (unpaired) electrons. The molecule has 1 aliphatic heterocycles. The summed E-state index contributed by atoms with van der Waals surface area (Å²) in [5.41, 5.74) is 0.693. The van der Waals surface area contributed by atoms with Gasteiger partial charge in [-0.2, -0.15) is 0 Å². The van der Waals surface area contributed by atoms with E-state index in [9.17, 15) is 4.79 Å². The van der Waals surface area contributed by atoms with Crippen LogP contribution < -0.4 is 0 Å². The Morgan fingerprint density at radius 1 is 1.29 bits per heavy atom. The van der Waals surface area contributed by atoms with Crippen molar-refractivity contribution in [3.63, 3.8) is 0 Å². The molecule has 7 nitrogen and oxygen atoms in total. The highest BCUT2D eigenvalue weighted by Gasteiger charge is 2.32. The number of rotatable bonds is 2. The number of hydrogen-bond acceptors (Lipinski definition) is 6. The van der Waals surface area contributed by atoms with Crippen molar-refractivity contribution in [1.29, 1.82) is 0 Å². The highest BCUT2D eigenvalue weighted by molar-refractivity contribution is 5.91. The Hall–Kier alpha value is -2.18. The van der Waals surface area contributed by atoms with Crippen LogP contribution in [0.4, 0.5) is 0 Å². The third-order valence-corrected chi connectivity index (χ3v) is 3.68. The van der Waals surface area contributed by atoms with Gasteiger partial charge < -0.3 is 13.8 Å². The van der Waals surface area contributed by atoms with E-state index in [-0.39, 0.29) is 17.7 Å². The molecule has 1 unspecified atom stereocenters. The Morgan fingerprint density at radius 2 is 2.14 bits per heavy atom. The molecule has 21 heavy (non-hydrogen) atoms. The van der Waals surface area contributed by atoms with E-state index in [0.29, 0.717) is 24.0 Å². The summed E-state index contributed by atoms with van der Waals surface area (Å²) in [4.78, 5) is 14.4. The average Bonchev–Trinajstić information content (AvgIpc) is 3.00. The number of carbonyl (C=O) groups is 1. The first-order valence-corrected chi connectivity index (χ1v) is 7.19. The fourth-order valence-corrected chi connectivity index (χ4v) is 2.66. The zero-order valence-corrected chi connectivity index (χ0v) is 12.2. The summed E-state index contributed by atoms with van der Waals surface area (Å²) in [5.74, 6) is 1.10. The minimum Gasteiger partial charge on any atom is -0.423 e. The molecule has 2 aromatic rings. The number of carbonyl (C=O) groups excluding carboxylic acids is 1. The number of aromatic nitrogens is 3. The molecule has 1 saturated heterocycles. The minimum absolute atomic E-state index is 0.168. The van der Waals surface area contributed by atoms with E-state index in [1.807, 2.05) is 0 Å². The summed E-state index contributed by atoms with van der Waals surface area (Å²) < 4.78 is 10.6. The lowest BCUT2D eigenvalue weighted by atomic mass is 10.1. The molecule has 0 aromatic carbocycles. The second-order valence-electron chi connectivity index (χ2n) is 5.36. The van der Waals surface area contributed by atoms with Crippen LogP contribution >= 0.6 is 0 Å². The predicted molar refractivity (Wildman–Crippen MR) is 72.5 cm³/mol. The van der Waals surface area contributed by atoms with Crippen LogP contribution in [0, 0.1) is 13.8 Å². The Morgan fingerprint density at radius 3 is 2.81 bits per heavy atom. The summed E-state index contributed by atoms with van der Waals surface area (Å²) in [6, 6.07) is 1.47. The summed E-state index contributed by atoms with van der Waals surface area (Å²) in [6.07, 6.45) is 3.90. The topological polar surface area (TPSA) is 85.3 Å². The molecule has 1 aliphatic rings. The van der Waals surface area contributed by atoms with Crippen LogP contribution in [-0.4, -0.2) is 32.7 Å². The van der Waals surface area contributed by atoms with Crippen molar-refractivity contribution in [3.05, 3.63) is 29.3 Å². The summed E-state index contributed by atoms with van der Waals surface area (Å²) in [5, 5.41) is 11.7. The molecule has 1 amide bonds. The normalized spacial score (nSPS) is 19.5. The molecule has 7 heteroatoms. The first-order valence-electron chi connectivity index (χ1n) is 7.19. The third-order valence-electron chi connectivity index (χ3n) is 3.68. The van der Waals surface area contributed by atoms with Gasteiger partial charge in [0.1, 0.15) is 6.04 Å². The maximum absolute atomic E-state index is 12.7. The largest absolute Gasteiger partial charge is 0.423 e.